The largest absolute Gasteiger partial charge is 0.345 e. The Bertz CT molecular complexity index is 299. The van der Waals surface area contributed by atoms with Gasteiger partial charge in [0.2, 0.25) is 11.8 Å². The van der Waals surface area contributed by atoms with Gasteiger partial charge in [0, 0.05) is 6.54 Å². The fraction of sp³-hybridized carbons (Fsp3) is 0.667. The van der Waals surface area contributed by atoms with Gasteiger partial charge in [-0.15, -0.1) is 0 Å². The summed E-state index contributed by atoms with van der Waals surface area (Å²) in [6, 6.07) is -0.317. The molecule has 0 bridgehead atoms. The second kappa shape index (κ2) is 5.68. The lowest BCUT2D eigenvalue weighted by Crippen LogP contribution is -2.60. The van der Waals surface area contributed by atoms with Crippen molar-refractivity contribution < 1.29 is 9.59 Å². The normalized spacial score (nSPS) is 23.7. The first kappa shape index (κ1) is 12.7. The third kappa shape index (κ3) is 2.62. The van der Waals surface area contributed by atoms with Gasteiger partial charge in [0.1, 0.15) is 6.04 Å². The number of hydrogen-bond donors (Lipinski definition) is 1. The van der Waals surface area contributed by atoms with Crippen molar-refractivity contribution in [2.45, 2.75) is 33.2 Å². The maximum atomic E-state index is 11.8. The zero-order valence-corrected chi connectivity index (χ0v) is 10.2. The molecular formula is C12H20N2O2. The summed E-state index contributed by atoms with van der Waals surface area (Å²) in [6.07, 6.45) is 4.69. The average Bonchev–Trinajstić information content (AvgIpc) is 2.29. The number of rotatable bonds is 4. The molecule has 4 nitrogen and oxygen atoms in total. The van der Waals surface area contributed by atoms with Crippen molar-refractivity contribution in [1.29, 1.82) is 0 Å². The van der Waals surface area contributed by atoms with Crippen LogP contribution in [0.15, 0.2) is 12.2 Å². The van der Waals surface area contributed by atoms with E-state index in [1.54, 1.807) is 4.90 Å². The predicted molar refractivity (Wildman–Crippen MR) is 62.8 cm³/mol. The van der Waals surface area contributed by atoms with Crippen molar-refractivity contribution in [3.05, 3.63) is 12.2 Å². The maximum absolute atomic E-state index is 11.8. The standard InChI is InChI=1S/C12H20N2O2/c1-4-6-7-14-10(15)8-13-12(16)11(14)9(3)5-2/h4,6,9,11H,5,7-8H2,1-3H3,(H,13,16)/b6-4+. The quantitative estimate of drug-likeness (QED) is 0.722. The molecule has 0 aromatic carbocycles. The number of carbonyl (C=O) groups is 2. The molecule has 4 heteroatoms. The molecule has 0 spiro atoms. The number of amides is 2. The van der Waals surface area contributed by atoms with Crippen LogP contribution in [-0.4, -0.2) is 35.8 Å². The van der Waals surface area contributed by atoms with E-state index in [4.69, 9.17) is 0 Å². The van der Waals surface area contributed by atoms with Crippen molar-refractivity contribution >= 4 is 11.8 Å². The van der Waals surface area contributed by atoms with Gasteiger partial charge in [0.15, 0.2) is 0 Å². The van der Waals surface area contributed by atoms with Crippen molar-refractivity contribution in [2.24, 2.45) is 5.92 Å². The van der Waals surface area contributed by atoms with E-state index in [-0.39, 0.29) is 30.3 Å². The molecule has 90 valence electrons. The van der Waals surface area contributed by atoms with Crippen LogP contribution in [0.25, 0.3) is 0 Å². The Morgan fingerprint density at radius 1 is 1.56 bits per heavy atom. The highest BCUT2D eigenvalue weighted by molar-refractivity contribution is 5.95. The van der Waals surface area contributed by atoms with Crippen molar-refractivity contribution in [1.82, 2.24) is 10.2 Å². The second-order valence-electron chi connectivity index (χ2n) is 4.16. The molecule has 1 aliphatic heterocycles. The van der Waals surface area contributed by atoms with Gasteiger partial charge in [-0.05, 0) is 12.8 Å². The Morgan fingerprint density at radius 2 is 2.25 bits per heavy atom. The molecule has 1 saturated heterocycles. The average molecular weight is 224 g/mol. The smallest absolute Gasteiger partial charge is 0.243 e. The Kier molecular flexibility index (Phi) is 4.52. The highest BCUT2D eigenvalue weighted by Crippen LogP contribution is 2.17. The Labute approximate surface area is 96.7 Å². The van der Waals surface area contributed by atoms with Crippen LogP contribution < -0.4 is 5.32 Å². The number of carbonyl (C=O) groups excluding carboxylic acids is 2. The minimum absolute atomic E-state index is 0.00278. The lowest BCUT2D eigenvalue weighted by Gasteiger charge is -2.37. The molecular weight excluding hydrogens is 204 g/mol. The molecule has 0 radical (unpaired) electrons. The summed E-state index contributed by atoms with van der Waals surface area (Å²) in [5, 5.41) is 2.65. The molecule has 1 fully saturated rings. The van der Waals surface area contributed by atoms with Crippen LogP contribution in [0.3, 0.4) is 0 Å². The van der Waals surface area contributed by atoms with Gasteiger partial charge in [-0.3, -0.25) is 9.59 Å². The molecule has 0 aromatic heterocycles. The molecule has 0 aliphatic carbocycles. The molecule has 1 heterocycles. The first-order chi connectivity index (χ1) is 7.61. The molecule has 1 aliphatic rings. The minimum atomic E-state index is -0.317. The highest BCUT2D eigenvalue weighted by atomic mass is 16.2. The van der Waals surface area contributed by atoms with Crippen molar-refractivity contribution in [2.75, 3.05) is 13.1 Å². The number of nitrogens with zero attached hydrogens (tertiary/aromatic N) is 1. The van der Waals surface area contributed by atoms with Crippen LogP contribution in [0, 0.1) is 5.92 Å². The third-order valence-corrected chi connectivity index (χ3v) is 3.06. The van der Waals surface area contributed by atoms with Gasteiger partial charge in [-0.1, -0.05) is 32.4 Å². The SMILES string of the molecule is C/C=C/CN1C(=O)CNC(=O)C1C(C)CC. The van der Waals surface area contributed by atoms with Crippen LogP contribution in [0.5, 0.6) is 0 Å². The maximum Gasteiger partial charge on any atom is 0.243 e. The third-order valence-electron chi connectivity index (χ3n) is 3.06. The van der Waals surface area contributed by atoms with Crippen LogP contribution in [0.4, 0.5) is 0 Å². The zero-order chi connectivity index (χ0) is 12.1. The van der Waals surface area contributed by atoms with E-state index in [1.165, 1.54) is 0 Å². The molecule has 2 unspecified atom stereocenters. The molecule has 0 aromatic rings. The summed E-state index contributed by atoms with van der Waals surface area (Å²) >= 11 is 0. The summed E-state index contributed by atoms with van der Waals surface area (Å²) in [4.78, 5) is 25.2. The topological polar surface area (TPSA) is 49.4 Å². The summed E-state index contributed by atoms with van der Waals surface area (Å²) in [5.74, 6) is 0.163. The summed E-state index contributed by atoms with van der Waals surface area (Å²) in [5.41, 5.74) is 0. The zero-order valence-electron chi connectivity index (χ0n) is 10.2. The molecule has 2 amide bonds. The van der Waals surface area contributed by atoms with Gasteiger partial charge >= 0.3 is 0 Å². The number of nitrogens with one attached hydrogen (secondary N) is 1. The van der Waals surface area contributed by atoms with Gasteiger partial charge < -0.3 is 10.2 Å². The first-order valence-electron chi connectivity index (χ1n) is 5.80. The van der Waals surface area contributed by atoms with E-state index >= 15 is 0 Å². The summed E-state index contributed by atoms with van der Waals surface area (Å²) in [6.45, 7) is 6.60. The molecule has 16 heavy (non-hydrogen) atoms. The summed E-state index contributed by atoms with van der Waals surface area (Å²) in [7, 11) is 0. The van der Waals surface area contributed by atoms with Crippen molar-refractivity contribution in [3.63, 3.8) is 0 Å². The highest BCUT2D eigenvalue weighted by Gasteiger charge is 2.36. The number of hydrogen-bond acceptors (Lipinski definition) is 2. The van der Waals surface area contributed by atoms with Gasteiger partial charge in [-0.25, -0.2) is 0 Å². The van der Waals surface area contributed by atoms with E-state index in [2.05, 4.69) is 5.32 Å². The molecule has 0 saturated carbocycles. The number of piperazine rings is 1. The first-order valence-corrected chi connectivity index (χ1v) is 5.80. The predicted octanol–water partition coefficient (Wildman–Crippen LogP) is 0.936. The lowest BCUT2D eigenvalue weighted by atomic mass is 9.95. The second-order valence-corrected chi connectivity index (χ2v) is 4.16. The van der Waals surface area contributed by atoms with E-state index in [1.807, 2.05) is 32.9 Å². The monoisotopic (exact) mass is 224 g/mol. The Morgan fingerprint density at radius 3 is 2.81 bits per heavy atom. The molecule has 1 N–H and O–H groups in total. The van der Waals surface area contributed by atoms with E-state index in [0.717, 1.165) is 6.42 Å². The van der Waals surface area contributed by atoms with E-state index < -0.39 is 0 Å². The fourth-order valence-electron chi connectivity index (χ4n) is 1.89. The molecule has 1 rings (SSSR count). The van der Waals surface area contributed by atoms with Crippen LogP contribution in [0.1, 0.15) is 27.2 Å². The minimum Gasteiger partial charge on any atom is -0.345 e. The number of allylic oxidation sites excluding steroid dienone is 1. The lowest BCUT2D eigenvalue weighted by molar-refractivity contribution is -0.146. The van der Waals surface area contributed by atoms with Gasteiger partial charge in [0.25, 0.3) is 0 Å². The van der Waals surface area contributed by atoms with Crippen molar-refractivity contribution in [3.8, 4) is 0 Å². The molecule has 2 atom stereocenters. The van der Waals surface area contributed by atoms with Gasteiger partial charge in [-0.2, -0.15) is 0 Å². The van der Waals surface area contributed by atoms with E-state index in [9.17, 15) is 9.59 Å². The fourth-order valence-corrected chi connectivity index (χ4v) is 1.89. The van der Waals surface area contributed by atoms with E-state index in [0.29, 0.717) is 6.54 Å². The van der Waals surface area contributed by atoms with Crippen LogP contribution >= 0.6 is 0 Å². The van der Waals surface area contributed by atoms with Crippen LogP contribution in [-0.2, 0) is 9.59 Å². The summed E-state index contributed by atoms with van der Waals surface area (Å²) < 4.78 is 0. The van der Waals surface area contributed by atoms with Gasteiger partial charge in [0.05, 0.1) is 6.54 Å². The van der Waals surface area contributed by atoms with Crippen LogP contribution in [0.2, 0.25) is 0 Å². The Balaban J connectivity index is 2.85. The Hall–Kier alpha value is -1.32.